The Labute approximate surface area is 151 Å². The van der Waals surface area contributed by atoms with Gasteiger partial charge in [-0.3, -0.25) is 14.6 Å². The highest BCUT2D eigenvalue weighted by Gasteiger charge is 2.06. The topological polar surface area (TPSA) is 80.3 Å². The fourth-order valence-electron chi connectivity index (χ4n) is 2.03. The number of aromatic nitrogens is 1. The molecule has 2 aromatic rings. The van der Waals surface area contributed by atoms with Crippen LogP contribution in [0.25, 0.3) is 0 Å². The Balaban J connectivity index is 1.54. The average molecular weight is 362 g/mol. The van der Waals surface area contributed by atoms with Gasteiger partial charge in [0.25, 0.3) is 5.91 Å². The third-order valence-corrected chi connectivity index (χ3v) is 3.58. The molecular weight excluding hydrogens is 342 g/mol. The van der Waals surface area contributed by atoms with Crippen LogP contribution in [0.2, 0.25) is 5.02 Å². The molecule has 132 valence electrons. The molecule has 0 aliphatic heterocycles. The second-order valence-corrected chi connectivity index (χ2v) is 5.61. The van der Waals surface area contributed by atoms with Gasteiger partial charge in [-0.05, 0) is 30.7 Å². The molecule has 0 fully saturated rings. The van der Waals surface area contributed by atoms with Crippen LogP contribution in [0.5, 0.6) is 5.75 Å². The minimum atomic E-state index is -0.261. The van der Waals surface area contributed by atoms with E-state index in [1.807, 2.05) is 12.1 Å². The number of hydrogen-bond donors (Lipinski definition) is 2. The van der Waals surface area contributed by atoms with E-state index >= 15 is 0 Å². The summed E-state index contributed by atoms with van der Waals surface area (Å²) in [7, 11) is 0. The van der Waals surface area contributed by atoms with Crippen LogP contribution in [0, 0.1) is 0 Å². The summed E-state index contributed by atoms with van der Waals surface area (Å²) in [6, 6.07) is 12.3. The number of halogens is 1. The molecule has 0 bridgehead atoms. The summed E-state index contributed by atoms with van der Waals surface area (Å²) in [4.78, 5) is 27.4. The van der Waals surface area contributed by atoms with E-state index in [1.54, 1.807) is 36.5 Å². The largest absolute Gasteiger partial charge is 0.492 e. The molecule has 2 amide bonds. The van der Waals surface area contributed by atoms with Gasteiger partial charge in [-0.1, -0.05) is 29.8 Å². The molecule has 0 spiro atoms. The fourth-order valence-corrected chi connectivity index (χ4v) is 2.22. The van der Waals surface area contributed by atoms with Crippen molar-refractivity contribution in [2.75, 3.05) is 19.7 Å². The Morgan fingerprint density at radius 1 is 1.04 bits per heavy atom. The van der Waals surface area contributed by atoms with Gasteiger partial charge < -0.3 is 15.4 Å². The van der Waals surface area contributed by atoms with Crippen LogP contribution in [0.4, 0.5) is 0 Å². The Hall–Kier alpha value is -2.60. The number of hydrogen-bond acceptors (Lipinski definition) is 4. The average Bonchev–Trinajstić information content (AvgIpc) is 2.64. The number of ether oxygens (including phenoxy) is 1. The summed E-state index contributed by atoms with van der Waals surface area (Å²) < 4.78 is 5.52. The van der Waals surface area contributed by atoms with Crippen molar-refractivity contribution in [3.8, 4) is 5.75 Å². The highest BCUT2D eigenvalue weighted by atomic mass is 35.5. The van der Waals surface area contributed by atoms with Crippen molar-refractivity contribution in [2.45, 2.75) is 12.8 Å². The predicted molar refractivity (Wildman–Crippen MR) is 95.8 cm³/mol. The molecule has 0 aliphatic rings. The minimum Gasteiger partial charge on any atom is -0.492 e. The molecule has 0 aliphatic carbocycles. The lowest BCUT2D eigenvalue weighted by atomic mass is 10.3. The van der Waals surface area contributed by atoms with E-state index in [-0.39, 0.29) is 11.8 Å². The van der Waals surface area contributed by atoms with Gasteiger partial charge in [-0.25, -0.2) is 0 Å². The molecule has 0 radical (unpaired) electrons. The predicted octanol–water partition coefficient (Wildman–Crippen LogP) is 2.44. The fraction of sp³-hybridized carbons (Fsp3) is 0.278. The van der Waals surface area contributed by atoms with E-state index in [9.17, 15) is 9.59 Å². The van der Waals surface area contributed by atoms with Gasteiger partial charge in [0.05, 0.1) is 11.6 Å². The van der Waals surface area contributed by atoms with Crippen molar-refractivity contribution in [1.82, 2.24) is 15.6 Å². The highest BCUT2D eigenvalue weighted by Crippen LogP contribution is 2.23. The standard InChI is InChI=1S/C18H20ClN3O3/c19-14-6-1-2-8-16(14)25-13-5-9-17(23)21-11-12-22-18(24)15-7-3-4-10-20-15/h1-4,6-8,10H,5,9,11-13H2,(H,21,23)(H,22,24). The number of benzene rings is 1. The Morgan fingerprint density at radius 3 is 2.56 bits per heavy atom. The van der Waals surface area contributed by atoms with Crippen molar-refractivity contribution < 1.29 is 14.3 Å². The van der Waals surface area contributed by atoms with Gasteiger partial charge in [0, 0.05) is 25.7 Å². The molecule has 0 saturated carbocycles. The van der Waals surface area contributed by atoms with E-state index in [1.165, 1.54) is 0 Å². The molecule has 1 aromatic carbocycles. The molecular formula is C18H20ClN3O3. The molecule has 7 heteroatoms. The van der Waals surface area contributed by atoms with Crippen LogP contribution in [0.15, 0.2) is 48.7 Å². The maximum atomic E-state index is 11.7. The van der Waals surface area contributed by atoms with Gasteiger partial charge in [-0.15, -0.1) is 0 Å². The van der Waals surface area contributed by atoms with Crippen LogP contribution in [-0.2, 0) is 4.79 Å². The van der Waals surface area contributed by atoms with Crippen molar-refractivity contribution >= 4 is 23.4 Å². The van der Waals surface area contributed by atoms with Gasteiger partial charge >= 0.3 is 0 Å². The number of amides is 2. The molecule has 6 nitrogen and oxygen atoms in total. The lowest BCUT2D eigenvalue weighted by Gasteiger charge is -2.08. The first-order chi connectivity index (χ1) is 12.2. The van der Waals surface area contributed by atoms with Crippen molar-refractivity contribution in [3.63, 3.8) is 0 Å². The van der Waals surface area contributed by atoms with E-state index < -0.39 is 0 Å². The van der Waals surface area contributed by atoms with Crippen LogP contribution < -0.4 is 15.4 Å². The van der Waals surface area contributed by atoms with Crippen LogP contribution >= 0.6 is 11.6 Å². The van der Waals surface area contributed by atoms with Crippen LogP contribution in [0.1, 0.15) is 23.3 Å². The van der Waals surface area contributed by atoms with Gasteiger partial charge in [0.2, 0.25) is 5.91 Å². The molecule has 25 heavy (non-hydrogen) atoms. The Bertz CT molecular complexity index is 695. The Kier molecular flexibility index (Phi) is 7.72. The molecule has 0 saturated heterocycles. The second-order valence-electron chi connectivity index (χ2n) is 5.20. The van der Waals surface area contributed by atoms with E-state index in [0.717, 1.165) is 0 Å². The summed E-state index contributed by atoms with van der Waals surface area (Å²) in [5.74, 6) is 0.264. The zero-order valence-corrected chi connectivity index (χ0v) is 14.5. The zero-order chi connectivity index (χ0) is 17.9. The molecule has 2 rings (SSSR count). The summed E-state index contributed by atoms with van der Waals surface area (Å²) in [6.45, 7) is 1.12. The number of carbonyl (C=O) groups is 2. The van der Waals surface area contributed by atoms with E-state index in [2.05, 4.69) is 15.6 Å². The number of nitrogens with zero attached hydrogens (tertiary/aromatic N) is 1. The normalized spacial score (nSPS) is 10.1. The van der Waals surface area contributed by atoms with Gasteiger partial charge in [0.1, 0.15) is 11.4 Å². The first-order valence-electron chi connectivity index (χ1n) is 8.00. The molecule has 0 unspecified atom stereocenters. The van der Waals surface area contributed by atoms with Crippen molar-refractivity contribution in [1.29, 1.82) is 0 Å². The summed E-state index contributed by atoms with van der Waals surface area (Å²) in [5.41, 5.74) is 0.352. The zero-order valence-electron chi connectivity index (χ0n) is 13.7. The minimum absolute atomic E-state index is 0.0881. The number of para-hydroxylation sites is 1. The first kappa shape index (κ1) is 18.7. The quantitative estimate of drug-likeness (QED) is 0.672. The monoisotopic (exact) mass is 361 g/mol. The van der Waals surface area contributed by atoms with E-state index in [4.69, 9.17) is 16.3 Å². The lowest BCUT2D eigenvalue weighted by Crippen LogP contribution is -2.35. The number of nitrogens with one attached hydrogen (secondary N) is 2. The Morgan fingerprint density at radius 2 is 1.80 bits per heavy atom. The lowest BCUT2D eigenvalue weighted by molar-refractivity contribution is -0.121. The summed E-state index contributed by atoms with van der Waals surface area (Å²) in [6.07, 6.45) is 2.48. The molecule has 2 N–H and O–H groups in total. The second kappa shape index (κ2) is 10.3. The third-order valence-electron chi connectivity index (χ3n) is 3.27. The maximum absolute atomic E-state index is 11.7. The summed E-state index contributed by atoms with van der Waals surface area (Å²) in [5, 5.41) is 5.99. The number of carbonyl (C=O) groups excluding carboxylic acids is 2. The first-order valence-corrected chi connectivity index (χ1v) is 8.38. The van der Waals surface area contributed by atoms with Crippen LogP contribution in [-0.4, -0.2) is 36.5 Å². The SMILES string of the molecule is O=C(CCCOc1ccccc1Cl)NCCNC(=O)c1ccccn1. The maximum Gasteiger partial charge on any atom is 0.269 e. The van der Waals surface area contributed by atoms with Gasteiger partial charge in [0.15, 0.2) is 0 Å². The number of pyridine rings is 1. The van der Waals surface area contributed by atoms with Crippen LogP contribution in [0.3, 0.4) is 0 Å². The molecule has 1 aromatic heterocycles. The third kappa shape index (κ3) is 6.81. The summed E-state index contributed by atoms with van der Waals surface area (Å²) >= 11 is 5.98. The van der Waals surface area contributed by atoms with Crippen molar-refractivity contribution in [2.24, 2.45) is 0 Å². The molecule has 1 heterocycles. The number of rotatable bonds is 9. The van der Waals surface area contributed by atoms with E-state index in [0.29, 0.717) is 49.0 Å². The smallest absolute Gasteiger partial charge is 0.269 e. The van der Waals surface area contributed by atoms with Crippen molar-refractivity contribution in [3.05, 3.63) is 59.4 Å². The van der Waals surface area contributed by atoms with Gasteiger partial charge in [-0.2, -0.15) is 0 Å². The highest BCUT2D eigenvalue weighted by molar-refractivity contribution is 6.32. The molecule has 0 atom stereocenters.